The minimum atomic E-state index is 0.0644. The number of hydrogen-bond acceptors (Lipinski definition) is 3. The molecule has 5 nitrogen and oxygen atoms in total. The summed E-state index contributed by atoms with van der Waals surface area (Å²) in [5.41, 5.74) is 3.15. The number of imidazole rings is 1. The van der Waals surface area contributed by atoms with Gasteiger partial charge >= 0.3 is 0 Å². The number of hydrogen-bond donors (Lipinski definition) is 0. The molecule has 1 atom stereocenters. The number of aromatic nitrogens is 3. The number of amides is 1. The minimum absolute atomic E-state index is 0.0644. The second-order valence-electron chi connectivity index (χ2n) is 6.39. The normalized spacial score (nSPS) is 17.0. The van der Waals surface area contributed by atoms with Gasteiger partial charge in [0.05, 0.1) is 6.04 Å². The number of carbonyl (C=O) groups is 1. The second-order valence-corrected chi connectivity index (χ2v) is 6.39. The van der Waals surface area contributed by atoms with Crippen molar-refractivity contribution in [1.82, 2.24) is 19.4 Å². The molecule has 3 aromatic rings. The average Bonchev–Trinajstić information content (AvgIpc) is 3.33. The maximum absolute atomic E-state index is 13.1. The van der Waals surface area contributed by atoms with Crippen molar-refractivity contribution < 1.29 is 4.79 Å². The number of pyridine rings is 1. The van der Waals surface area contributed by atoms with Crippen LogP contribution in [0.25, 0.3) is 5.82 Å². The third-order valence-corrected chi connectivity index (χ3v) is 4.82. The van der Waals surface area contributed by atoms with Gasteiger partial charge in [-0.1, -0.05) is 24.3 Å². The smallest absolute Gasteiger partial charge is 0.254 e. The fraction of sp³-hybridized carbons (Fsp3) is 0.250. The largest absolute Gasteiger partial charge is 0.332 e. The van der Waals surface area contributed by atoms with E-state index >= 15 is 0 Å². The average molecular weight is 332 g/mol. The van der Waals surface area contributed by atoms with E-state index in [2.05, 4.69) is 29.0 Å². The van der Waals surface area contributed by atoms with Gasteiger partial charge in [0, 0.05) is 30.7 Å². The van der Waals surface area contributed by atoms with E-state index in [0.29, 0.717) is 11.4 Å². The molecule has 1 aliphatic heterocycles. The van der Waals surface area contributed by atoms with Crippen LogP contribution in [0.2, 0.25) is 0 Å². The van der Waals surface area contributed by atoms with Crippen LogP contribution in [0.1, 0.15) is 40.4 Å². The van der Waals surface area contributed by atoms with E-state index in [1.54, 1.807) is 29.4 Å². The van der Waals surface area contributed by atoms with E-state index < -0.39 is 0 Å². The Hall–Kier alpha value is -2.95. The van der Waals surface area contributed by atoms with Gasteiger partial charge in [-0.25, -0.2) is 9.97 Å². The summed E-state index contributed by atoms with van der Waals surface area (Å²) in [5, 5.41) is 0. The zero-order valence-electron chi connectivity index (χ0n) is 14.2. The van der Waals surface area contributed by atoms with Crippen LogP contribution in [-0.4, -0.2) is 31.9 Å². The van der Waals surface area contributed by atoms with Gasteiger partial charge in [-0.05, 0) is 43.0 Å². The highest BCUT2D eigenvalue weighted by Crippen LogP contribution is 2.34. The Bertz CT molecular complexity index is 888. The zero-order chi connectivity index (χ0) is 17.2. The van der Waals surface area contributed by atoms with Crippen LogP contribution < -0.4 is 0 Å². The summed E-state index contributed by atoms with van der Waals surface area (Å²) in [7, 11) is 0. The first-order chi connectivity index (χ1) is 12.2. The SMILES string of the molecule is Cc1ccccc1[C@H]1CCCN1C(=O)c1ccnc(-n2ccnc2)c1. The van der Waals surface area contributed by atoms with Crippen molar-refractivity contribution >= 4 is 5.91 Å². The van der Waals surface area contributed by atoms with Crippen LogP contribution in [0.4, 0.5) is 0 Å². The van der Waals surface area contributed by atoms with Crippen LogP contribution in [0.15, 0.2) is 61.3 Å². The molecule has 3 heterocycles. The number of nitrogens with zero attached hydrogens (tertiary/aromatic N) is 4. The lowest BCUT2D eigenvalue weighted by atomic mass is 9.99. The fourth-order valence-corrected chi connectivity index (χ4v) is 3.55. The summed E-state index contributed by atoms with van der Waals surface area (Å²) >= 11 is 0. The van der Waals surface area contributed by atoms with Crippen molar-refractivity contribution in [2.75, 3.05) is 6.54 Å². The quantitative estimate of drug-likeness (QED) is 0.737. The van der Waals surface area contributed by atoms with Crippen molar-refractivity contribution in [2.24, 2.45) is 0 Å². The second kappa shape index (κ2) is 6.51. The van der Waals surface area contributed by atoms with Gasteiger partial charge in [0.15, 0.2) is 0 Å². The highest BCUT2D eigenvalue weighted by atomic mass is 16.2. The van der Waals surface area contributed by atoms with E-state index in [0.717, 1.165) is 19.4 Å². The Morgan fingerprint density at radius 3 is 2.88 bits per heavy atom. The number of carbonyl (C=O) groups excluding carboxylic acids is 1. The number of benzene rings is 1. The highest BCUT2D eigenvalue weighted by Gasteiger charge is 2.31. The lowest BCUT2D eigenvalue weighted by molar-refractivity contribution is 0.0735. The van der Waals surface area contributed by atoms with Crippen LogP contribution in [0.5, 0.6) is 0 Å². The molecule has 0 aliphatic carbocycles. The number of likely N-dealkylation sites (tertiary alicyclic amines) is 1. The first-order valence-corrected chi connectivity index (χ1v) is 8.55. The zero-order valence-corrected chi connectivity index (χ0v) is 14.2. The highest BCUT2D eigenvalue weighted by molar-refractivity contribution is 5.95. The monoisotopic (exact) mass is 332 g/mol. The van der Waals surface area contributed by atoms with Crippen molar-refractivity contribution in [2.45, 2.75) is 25.8 Å². The molecule has 1 fully saturated rings. The number of rotatable bonds is 3. The molecule has 5 heteroatoms. The molecule has 4 rings (SSSR count). The Labute approximate surface area is 147 Å². The molecule has 0 N–H and O–H groups in total. The first kappa shape index (κ1) is 15.6. The Kier molecular flexibility index (Phi) is 4.06. The molecule has 1 aromatic carbocycles. The van der Waals surface area contributed by atoms with E-state index in [1.807, 2.05) is 29.3 Å². The number of aryl methyl sites for hydroxylation is 1. The summed E-state index contributed by atoms with van der Waals surface area (Å²) in [6.07, 6.45) is 8.93. The molecule has 1 amide bonds. The van der Waals surface area contributed by atoms with Gasteiger partial charge in [0.2, 0.25) is 0 Å². The van der Waals surface area contributed by atoms with Crippen molar-refractivity contribution in [1.29, 1.82) is 0 Å². The summed E-state index contributed by atoms with van der Waals surface area (Å²) in [6.45, 7) is 2.90. The van der Waals surface area contributed by atoms with Gasteiger partial charge in [-0.15, -0.1) is 0 Å². The van der Waals surface area contributed by atoms with Crippen molar-refractivity contribution in [3.63, 3.8) is 0 Å². The van der Waals surface area contributed by atoms with E-state index in [-0.39, 0.29) is 11.9 Å². The Morgan fingerprint density at radius 1 is 1.20 bits per heavy atom. The fourth-order valence-electron chi connectivity index (χ4n) is 3.55. The van der Waals surface area contributed by atoms with E-state index in [1.165, 1.54) is 11.1 Å². The van der Waals surface area contributed by atoms with Crippen LogP contribution in [-0.2, 0) is 0 Å². The third kappa shape index (κ3) is 2.93. The predicted molar refractivity (Wildman–Crippen MR) is 95.5 cm³/mol. The van der Waals surface area contributed by atoms with E-state index in [9.17, 15) is 4.79 Å². The predicted octanol–water partition coefficient (Wildman–Crippen LogP) is 3.55. The molecular weight excluding hydrogens is 312 g/mol. The van der Waals surface area contributed by atoms with Gasteiger partial charge in [-0.3, -0.25) is 9.36 Å². The summed E-state index contributed by atoms with van der Waals surface area (Å²) < 4.78 is 1.81. The van der Waals surface area contributed by atoms with Crippen LogP contribution in [0, 0.1) is 6.92 Å². The Morgan fingerprint density at radius 2 is 2.08 bits per heavy atom. The summed E-state index contributed by atoms with van der Waals surface area (Å²) in [6, 6.07) is 12.1. The molecule has 1 aliphatic rings. The molecular formula is C20H20N4O. The van der Waals surface area contributed by atoms with Crippen LogP contribution in [0.3, 0.4) is 0 Å². The lowest BCUT2D eigenvalue weighted by Crippen LogP contribution is -2.31. The molecule has 1 saturated heterocycles. The first-order valence-electron chi connectivity index (χ1n) is 8.55. The molecule has 0 spiro atoms. The molecule has 0 radical (unpaired) electrons. The maximum atomic E-state index is 13.1. The molecule has 126 valence electrons. The molecule has 2 aromatic heterocycles. The third-order valence-electron chi connectivity index (χ3n) is 4.82. The molecule has 25 heavy (non-hydrogen) atoms. The molecule has 0 saturated carbocycles. The minimum Gasteiger partial charge on any atom is -0.332 e. The standard InChI is InChI=1S/C20H20N4O/c1-15-5-2-3-6-17(15)18-7-4-11-24(18)20(25)16-8-9-22-19(13-16)23-12-10-21-14-23/h2-3,5-6,8-10,12-14,18H,4,7,11H2,1H3/t18-/m1/s1. The van der Waals surface area contributed by atoms with Crippen molar-refractivity contribution in [3.8, 4) is 5.82 Å². The Balaban J connectivity index is 1.64. The van der Waals surface area contributed by atoms with Crippen molar-refractivity contribution in [3.05, 3.63) is 78.0 Å². The summed E-state index contributed by atoms with van der Waals surface area (Å²) in [5.74, 6) is 0.768. The lowest BCUT2D eigenvalue weighted by Gasteiger charge is -2.26. The van der Waals surface area contributed by atoms with E-state index in [4.69, 9.17) is 0 Å². The van der Waals surface area contributed by atoms with Crippen LogP contribution >= 0.6 is 0 Å². The van der Waals surface area contributed by atoms with Gasteiger partial charge < -0.3 is 4.90 Å². The van der Waals surface area contributed by atoms with Gasteiger partial charge in [-0.2, -0.15) is 0 Å². The molecule has 0 bridgehead atoms. The summed E-state index contributed by atoms with van der Waals surface area (Å²) in [4.78, 5) is 23.5. The van der Waals surface area contributed by atoms with Gasteiger partial charge in [0.1, 0.15) is 12.1 Å². The topological polar surface area (TPSA) is 51.0 Å². The molecule has 0 unspecified atom stereocenters. The maximum Gasteiger partial charge on any atom is 0.254 e. The van der Waals surface area contributed by atoms with Gasteiger partial charge in [0.25, 0.3) is 5.91 Å².